The summed E-state index contributed by atoms with van der Waals surface area (Å²) >= 11 is 0. The van der Waals surface area contributed by atoms with Gasteiger partial charge in [-0.1, -0.05) is 6.92 Å². The van der Waals surface area contributed by atoms with Gasteiger partial charge in [0.2, 0.25) is 5.91 Å². The summed E-state index contributed by atoms with van der Waals surface area (Å²) in [4.78, 5) is 30.4. The van der Waals surface area contributed by atoms with E-state index in [2.05, 4.69) is 10.3 Å². The van der Waals surface area contributed by atoms with Gasteiger partial charge in [-0.15, -0.1) is 0 Å². The van der Waals surface area contributed by atoms with E-state index in [0.29, 0.717) is 25.2 Å². The smallest absolute Gasteiger partial charge is 0.271 e. The van der Waals surface area contributed by atoms with Gasteiger partial charge in [0, 0.05) is 31.7 Å². The Morgan fingerprint density at radius 3 is 2.76 bits per heavy atom. The Bertz CT molecular complexity index is 536. The summed E-state index contributed by atoms with van der Waals surface area (Å²) in [6.07, 6.45) is 3.19. The van der Waals surface area contributed by atoms with Gasteiger partial charge >= 0.3 is 0 Å². The Balaban J connectivity index is 2.18. The molecular weight excluding hydrogens is 268 g/mol. The molecule has 0 fully saturated rings. The first-order valence-corrected chi connectivity index (χ1v) is 7.61. The lowest BCUT2D eigenvalue weighted by Crippen LogP contribution is -2.40. The fraction of sp³-hybridized carbons (Fsp3) is 0.667. The van der Waals surface area contributed by atoms with Crippen LogP contribution in [0.5, 0.6) is 0 Å². The quantitative estimate of drug-likeness (QED) is 0.919. The fourth-order valence-corrected chi connectivity index (χ4v) is 2.63. The molecule has 0 unspecified atom stereocenters. The highest BCUT2D eigenvalue weighted by Gasteiger charge is 2.30. The number of nitrogens with zero attached hydrogens (tertiary/aromatic N) is 3. The number of aromatic nitrogens is 2. The molecule has 6 nitrogen and oxygen atoms in total. The molecule has 1 aromatic heterocycles. The van der Waals surface area contributed by atoms with Gasteiger partial charge in [-0.2, -0.15) is 0 Å². The van der Waals surface area contributed by atoms with E-state index in [1.54, 1.807) is 6.20 Å². The van der Waals surface area contributed by atoms with E-state index in [1.165, 1.54) is 0 Å². The van der Waals surface area contributed by atoms with Crippen LogP contribution >= 0.6 is 0 Å². The number of rotatable bonds is 4. The van der Waals surface area contributed by atoms with Crippen molar-refractivity contribution in [2.24, 2.45) is 0 Å². The van der Waals surface area contributed by atoms with Crippen LogP contribution < -0.4 is 5.32 Å². The zero-order valence-corrected chi connectivity index (χ0v) is 13.2. The number of amides is 2. The lowest BCUT2D eigenvalue weighted by atomic mass is 10.2. The van der Waals surface area contributed by atoms with E-state index in [1.807, 2.05) is 37.2 Å². The van der Waals surface area contributed by atoms with E-state index in [-0.39, 0.29) is 23.9 Å². The standard InChI is InChI=1S/C15H24N4O2/c1-5-6-13(20)19-8-7-18-9-12(15(21)16-10(2)3)17-14(18)11(19)4/h9-11H,5-8H2,1-4H3,(H,16,21)/t11-/m1/s1. The third-order valence-electron chi connectivity index (χ3n) is 3.67. The van der Waals surface area contributed by atoms with Crippen LogP contribution in [0.1, 0.15) is 62.9 Å². The van der Waals surface area contributed by atoms with Gasteiger partial charge in [0.25, 0.3) is 5.91 Å². The number of fused-ring (bicyclic) bond motifs is 1. The molecule has 0 radical (unpaired) electrons. The first-order chi connectivity index (χ1) is 9.93. The number of nitrogens with one attached hydrogen (secondary N) is 1. The van der Waals surface area contributed by atoms with Crippen LogP contribution in [-0.2, 0) is 11.3 Å². The van der Waals surface area contributed by atoms with Gasteiger partial charge in [-0.25, -0.2) is 4.98 Å². The van der Waals surface area contributed by atoms with Gasteiger partial charge in [0.15, 0.2) is 0 Å². The first-order valence-electron chi connectivity index (χ1n) is 7.61. The molecule has 0 aliphatic carbocycles. The van der Waals surface area contributed by atoms with Crippen LogP contribution in [0.4, 0.5) is 0 Å². The zero-order valence-electron chi connectivity index (χ0n) is 13.2. The average Bonchev–Trinajstić information content (AvgIpc) is 2.83. The number of hydrogen-bond donors (Lipinski definition) is 1. The second-order valence-corrected chi connectivity index (χ2v) is 5.82. The van der Waals surface area contributed by atoms with Crippen molar-refractivity contribution in [3.63, 3.8) is 0 Å². The van der Waals surface area contributed by atoms with Gasteiger partial charge in [0.1, 0.15) is 11.5 Å². The lowest BCUT2D eigenvalue weighted by molar-refractivity contribution is -0.134. The van der Waals surface area contributed by atoms with Crippen LogP contribution in [0, 0.1) is 0 Å². The highest BCUT2D eigenvalue weighted by Crippen LogP contribution is 2.25. The summed E-state index contributed by atoms with van der Waals surface area (Å²) in [6, 6.07) is -0.00492. The average molecular weight is 292 g/mol. The van der Waals surface area contributed by atoms with Crippen molar-refractivity contribution < 1.29 is 9.59 Å². The molecule has 6 heteroatoms. The predicted octanol–water partition coefficient (Wildman–Crippen LogP) is 1.72. The summed E-state index contributed by atoms with van der Waals surface area (Å²) in [5.41, 5.74) is 0.426. The van der Waals surface area contributed by atoms with Gasteiger partial charge in [-0.05, 0) is 27.2 Å². The van der Waals surface area contributed by atoms with Crippen molar-refractivity contribution in [2.45, 2.75) is 59.2 Å². The number of hydrogen-bond acceptors (Lipinski definition) is 3. The van der Waals surface area contributed by atoms with Crippen LogP contribution in [0.2, 0.25) is 0 Å². The van der Waals surface area contributed by atoms with Crippen LogP contribution in [0.25, 0.3) is 0 Å². The van der Waals surface area contributed by atoms with Crippen molar-refractivity contribution in [2.75, 3.05) is 6.54 Å². The molecule has 1 aliphatic rings. The maximum Gasteiger partial charge on any atom is 0.271 e. The van der Waals surface area contributed by atoms with Gasteiger partial charge < -0.3 is 14.8 Å². The fourth-order valence-electron chi connectivity index (χ4n) is 2.63. The van der Waals surface area contributed by atoms with E-state index < -0.39 is 0 Å². The molecule has 0 bridgehead atoms. The third-order valence-corrected chi connectivity index (χ3v) is 3.67. The highest BCUT2D eigenvalue weighted by molar-refractivity contribution is 5.92. The first kappa shape index (κ1) is 15.5. The Labute approximate surface area is 125 Å². The molecule has 2 heterocycles. The molecule has 1 atom stereocenters. The topological polar surface area (TPSA) is 67.2 Å². The van der Waals surface area contributed by atoms with Gasteiger partial charge in [-0.3, -0.25) is 9.59 Å². The molecule has 21 heavy (non-hydrogen) atoms. The SMILES string of the molecule is CCCC(=O)N1CCn2cc(C(=O)NC(C)C)nc2[C@H]1C. The summed E-state index contributed by atoms with van der Waals surface area (Å²) in [5.74, 6) is 0.789. The van der Waals surface area contributed by atoms with Crippen molar-refractivity contribution >= 4 is 11.8 Å². The molecule has 0 aromatic carbocycles. The van der Waals surface area contributed by atoms with Crippen molar-refractivity contribution in [3.05, 3.63) is 17.7 Å². The minimum atomic E-state index is -0.162. The predicted molar refractivity (Wildman–Crippen MR) is 79.9 cm³/mol. The van der Waals surface area contributed by atoms with Gasteiger partial charge in [0.05, 0.1) is 6.04 Å². The van der Waals surface area contributed by atoms with Crippen LogP contribution in [-0.4, -0.2) is 38.9 Å². The molecule has 2 rings (SSSR count). The van der Waals surface area contributed by atoms with Crippen molar-refractivity contribution in [3.8, 4) is 0 Å². The highest BCUT2D eigenvalue weighted by atomic mass is 16.2. The molecule has 2 amide bonds. The zero-order chi connectivity index (χ0) is 15.6. The summed E-state index contributed by atoms with van der Waals surface area (Å²) in [7, 11) is 0. The Morgan fingerprint density at radius 2 is 2.14 bits per heavy atom. The maximum absolute atomic E-state index is 12.1. The molecule has 116 valence electrons. The summed E-state index contributed by atoms with van der Waals surface area (Å²) < 4.78 is 1.98. The van der Waals surface area contributed by atoms with E-state index >= 15 is 0 Å². The minimum absolute atomic E-state index is 0.0799. The normalized spacial score (nSPS) is 17.8. The van der Waals surface area contributed by atoms with Crippen molar-refractivity contribution in [1.82, 2.24) is 19.8 Å². The van der Waals surface area contributed by atoms with Crippen LogP contribution in [0.3, 0.4) is 0 Å². The summed E-state index contributed by atoms with van der Waals surface area (Å²) in [5, 5.41) is 2.84. The van der Waals surface area contributed by atoms with E-state index in [4.69, 9.17) is 0 Å². The maximum atomic E-state index is 12.1. The largest absolute Gasteiger partial charge is 0.348 e. The molecule has 0 spiro atoms. The van der Waals surface area contributed by atoms with Crippen LogP contribution in [0.15, 0.2) is 6.20 Å². The monoisotopic (exact) mass is 292 g/mol. The molecule has 1 aromatic rings. The molecule has 1 aliphatic heterocycles. The third kappa shape index (κ3) is 3.25. The Kier molecular flexibility index (Phi) is 4.65. The Hall–Kier alpha value is -1.85. The second-order valence-electron chi connectivity index (χ2n) is 5.82. The number of imidazole rings is 1. The molecule has 1 N–H and O–H groups in total. The number of carbonyl (C=O) groups excluding carboxylic acids is 2. The second kappa shape index (κ2) is 6.28. The van der Waals surface area contributed by atoms with E-state index in [9.17, 15) is 9.59 Å². The van der Waals surface area contributed by atoms with E-state index in [0.717, 1.165) is 12.2 Å². The molecular formula is C15H24N4O2. The van der Waals surface area contributed by atoms with Crippen molar-refractivity contribution in [1.29, 1.82) is 0 Å². The molecule has 0 saturated heterocycles. The lowest BCUT2D eigenvalue weighted by Gasteiger charge is -2.33. The Morgan fingerprint density at radius 1 is 1.43 bits per heavy atom. The summed E-state index contributed by atoms with van der Waals surface area (Å²) in [6.45, 7) is 9.17. The molecule has 0 saturated carbocycles. The number of carbonyl (C=O) groups is 2. The minimum Gasteiger partial charge on any atom is -0.348 e.